The molecule has 88 valence electrons. The van der Waals surface area contributed by atoms with Gasteiger partial charge in [0.05, 0.1) is 0 Å². The minimum Gasteiger partial charge on any atom is -0.0620 e. The van der Waals surface area contributed by atoms with Gasteiger partial charge in [-0.25, -0.2) is 0 Å². The van der Waals surface area contributed by atoms with Crippen LogP contribution in [0.2, 0.25) is 0 Å². The Balaban J connectivity index is 2.43. The summed E-state index contributed by atoms with van der Waals surface area (Å²) in [6, 6.07) is 15.6. The molecule has 0 bridgehead atoms. The molecule has 0 aromatic heterocycles. The van der Waals surface area contributed by atoms with Crippen LogP contribution < -0.4 is 10.6 Å². The Hall–Kier alpha value is -1.13. The lowest BCUT2D eigenvalue weighted by molar-refractivity contribution is 1.40. The van der Waals surface area contributed by atoms with E-state index in [-0.39, 0.29) is 7.92 Å². The third-order valence-electron chi connectivity index (χ3n) is 3.07. The normalized spacial score (nSPS) is 12.5. The molecule has 0 aliphatic carbocycles. The second-order valence-corrected chi connectivity index (χ2v) is 6.81. The smallest absolute Gasteiger partial charge is 0.0169 e. The van der Waals surface area contributed by atoms with Crippen LogP contribution in [0.4, 0.5) is 0 Å². The van der Waals surface area contributed by atoms with E-state index < -0.39 is 0 Å². The largest absolute Gasteiger partial charge is 0.0620 e. The molecule has 0 amide bonds. The lowest BCUT2D eigenvalue weighted by Gasteiger charge is -2.16. The summed E-state index contributed by atoms with van der Waals surface area (Å²) in [5.41, 5.74) is 4.13. The maximum absolute atomic E-state index is 2.35. The first-order valence-corrected chi connectivity index (χ1v) is 7.74. The van der Waals surface area contributed by atoms with Crippen molar-refractivity contribution in [3.8, 4) is 0 Å². The molecule has 0 nitrogen and oxygen atoms in total. The Kier molecular flexibility index (Phi) is 3.64. The van der Waals surface area contributed by atoms with Crippen molar-refractivity contribution in [2.45, 2.75) is 20.8 Å². The van der Waals surface area contributed by atoms with Gasteiger partial charge in [-0.3, -0.25) is 0 Å². The highest BCUT2D eigenvalue weighted by atomic mass is 31.1. The molecule has 2 aromatic carbocycles. The minimum atomic E-state index is -0.224. The molecule has 2 aromatic rings. The van der Waals surface area contributed by atoms with Gasteiger partial charge in [0, 0.05) is 0 Å². The van der Waals surface area contributed by atoms with Crippen LogP contribution in [0.1, 0.15) is 16.7 Å². The Morgan fingerprint density at radius 3 is 2.00 bits per heavy atom. The lowest BCUT2D eigenvalue weighted by Crippen LogP contribution is -2.14. The second kappa shape index (κ2) is 5.02. The van der Waals surface area contributed by atoms with E-state index in [1.807, 2.05) is 0 Å². The Bertz CT molecular complexity index is 509. The van der Waals surface area contributed by atoms with Crippen molar-refractivity contribution in [3.63, 3.8) is 0 Å². The average molecular weight is 242 g/mol. The molecule has 0 radical (unpaired) electrons. The second-order valence-electron chi connectivity index (χ2n) is 4.69. The molecule has 0 heterocycles. The summed E-state index contributed by atoms with van der Waals surface area (Å²) in [4.78, 5) is 0. The van der Waals surface area contributed by atoms with E-state index in [4.69, 9.17) is 0 Å². The zero-order chi connectivity index (χ0) is 12.4. The van der Waals surface area contributed by atoms with Gasteiger partial charge < -0.3 is 0 Å². The van der Waals surface area contributed by atoms with Gasteiger partial charge in [-0.2, -0.15) is 0 Å². The number of hydrogen-bond acceptors (Lipinski definition) is 0. The molecule has 0 spiro atoms. The molecule has 1 unspecified atom stereocenters. The van der Waals surface area contributed by atoms with Gasteiger partial charge in [0.1, 0.15) is 0 Å². The van der Waals surface area contributed by atoms with Crippen LogP contribution in [0, 0.1) is 20.8 Å². The first-order valence-electron chi connectivity index (χ1n) is 5.95. The highest BCUT2D eigenvalue weighted by Gasteiger charge is 2.10. The van der Waals surface area contributed by atoms with E-state index in [0.717, 1.165) is 0 Å². The number of hydrogen-bond donors (Lipinski definition) is 0. The Morgan fingerprint density at radius 2 is 1.41 bits per heavy atom. The van der Waals surface area contributed by atoms with E-state index in [0.29, 0.717) is 0 Å². The first kappa shape index (κ1) is 12.3. The third-order valence-corrected chi connectivity index (χ3v) is 5.33. The van der Waals surface area contributed by atoms with E-state index in [1.54, 1.807) is 0 Å². The number of benzene rings is 2. The van der Waals surface area contributed by atoms with Crippen LogP contribution >= 0.6 is 7.92 Å². The van der Waals surface area contributed by atoms with Gasteiger partial charge in [-0.15, -0.1) is 0 Å². The van der Waals surface area contributed by atoms with Crippen LogP contribution in [0.15, 0.2) is 42.5 Å². The predicted octanol–water partition coefficient (Wildman–Crippen LogP) is 3.67. The van der Waals surface area contributed by atoms with Crippen LogP contribution in [-0.4, -0.2) is 6.66 Å². The van der Waals surface area contributed by atoms with Gasteiger partial charge in [0.25, 0.3) is 0 Å². The van der Waals surface area contributed by atoms with Gasteiger partial charge in [0.15, 0.2) is 0 Å². The molecule has 0 aliphatic rings. The van der Waals surface area contributed by atoms with Crippen molar-refractivity contribution in [2.75, 3.05) is 6.66 Å². The van der Waals surface area contributed by atoms with Crippen LogP contribution in [0.3, 0.4) is 0 Å². The fraction of sp³-hybridized carbons (Fsp3) is 0.250. The summed E-state index contributed by atoms with van der Waals surface area (Å²) in [6.45, 7) is 8.91. The van der Waals surface area contributed by atoms with Crippen molar-refractivity contribution < 1.29 is 0 Å². The summed E-state index contributed by atoms with van der Waals surface area (Å²) in [5.74, 6) is 0. The zero-order valence-electron chi connectivity index (χ0n) is 11.0. The Labute approximate surface area is 105 Å². The van der Waals surface area contributed by atoms with Gasteiger partial charge in [-0.05, 0) is 51.5 Å². The fourth-order valence-electron chi connectivity index (χ4n) is 2.22. The van der Waals surface area contributed by atoms with E-state index in [9.17, 15) is 0 Å². The quantitative estimate of drug-likeness (QED) is 0.705. The highest BCUT2D eigenvalue weighted by molar-refractivity contribution is 7.72. The molecule has 0 saturated heterocycles. The predicted molar refractivity (Wildman–Crippen MR) is 79.2 cm³/mol. The molecule has 0 saturated carbocycles. The van der Waals surface area contributed by atoms with Crippen LogP contribution in [-0.2, 0) is 0 Å². The molecule has 0 fully saturated rings. The SMILES string of the molecule is Cc1cc(C)cc(P(C)c2ccccc2C)c1. The van der Waals surface area contributed by atoms with Crippen molar-refractivity contribution in [1.29, 1.82) is 0 Å². The van der Waals surface area contributed by atoms with Gasteiger partial charge in [-0.1, -0.05) is 53.6 Å². The molecule has 0 aliphatic heterocycles. The van der Waals surface area contributed by atoms with Crippen molar-refractivity contribution in [3.05, 3.63) is 59.2 Å². The van der Waals surface area contributed by atoms with Gasteiger partial charge >= 0.3 is 0 Å². The molecule has 0 N–H and O–H groups in total. The van der Waals surface area contributed by atoms with Crippen molar-refractivity contribution >= 4 is 18.5 Å². The third kappa shape index (κ3) is 2.76. The monoisotopic (exact) mass is 242 g/mol. The number of aryl methyl sites for hydroxylation is 3. The van der Waals surface area contributed by atoms with Gasteiger partial charge in [0.2, 0.25) is 0 Å². The lowest BCUT2D eigenvalue weighted by atomic mass is 10.2. The average Bonchev–Trinajstić information content (AvgIpc) is 2.27. The summed E-state index contributed by atoms with van der Waals surface area (Å²) >= 11 is 0. The summed E-state index contributed by atoms with van der Waals surface area (Å²) in [6.07, 6.45) is 0. The first-order chi connectivity index (χ1) is 8.08. The van der Waals surface area contributed by atoms with E-state index >= 15 is 0 Å². The fourth-order valence-corrected chi connectivity index (χ4v) is 4.21. The maximum atomic E-state index is 2.35. The maximum Gasteiger partial charge on any atom is -0.0169 e. The van der Waals surface area contributed by atoms with Crippen LogP contribution in [0.5, 0.6) is 0 Å². The molecule has 1 atom stereocenters. The molecule has 2 rings (SSSR count). The van der Waals surface area contributed by atoms with Crippen LogP contribution in [0.25, 0.3) is 0 Å². The highest BCUT2D eigenvalue weighted by Crippen LogP contribution is 2.30. The zero-order valence-corrected chi connectivity index (χ0v) is 11.9. The van der Waals surface area contributed by atoms with E-state index in [2.05, 4.69) is 69.9 Å². The van der Waals surface area contributed by atoms with Crippen molar-refractivity contribution in [2.24, 2.45) is 0 Å². The topological polar surface area (TPSA) is 0 Å². The Morgan fingerprint density at radius 1 is 0.824 bits per heavy atom. The molecule has 17 heavy (non-hydrogen) atoms. The standard InChI is InChI=1S/C16H19P/c1-12-9-13(2)11-15(10-12)17(4)16-8-6-5-7-14(16)3/h5-11H,1-4H3. The summed E-state index contributed by atoms with van der Waals surface area (Å²) < 4.78 is 0. The molecule has 1 heteroatoms. The summed E-state index contributed by atoms with van der Waals surface area (Å²) in [7, 11) is -0.224. The minimum absolute atomic E-state index is 0.224. The summed E-state index contributed by atoms with van der Waals surface area (Å²) in [5, 5.41) is 2.97. The van der Waals surface area contributed by atoms with E-state index in [1.165, 1.54) is 27.3 Å². The van der Waals surface area contributed by atoms with Crippen molar-refractivity contribution in [1.82, 2.24) is 0 Å². The number of rotatable bonds is 2. The molecular formula is C16H19P. The molecular weight excluding hydrogens is 223 g/mol.